The number of hydrogen-bond donors (Lipinski definition) is 1. The molecule has 0 unspecified atom stereocenters. The van der Waals surface area contributed by atoms with Crippen molar-refractivity contribution >= 4 is 5.91 Å². The van der Waals surface area contributed by atoms with Crippen LogP contribution in [0.5, 0.6) is 5.75 Å². The second-order valence-electron chi connectivity index (χ2n) is 6.80. The van der Waals surface area contributed by atoms with Gasteiger partial charge in [-0.05, 0) is 36.8 Å². The Bertz CT molecular complexity index is 1090. The molecule has 1 aromatic heterocycles. The smallest absolute Gasteiger partial charge is 0.258 e. The van der Waals surface area contributed by atoms with E-state index in [1.165, 1.54) is 0 Å². The standard InChI is InChI=1S/C24H21N3O3/c1-17(18-8-4-2-5-9-18)25-22(28)16-29-21-14-12-20(13-15-21)24-26-23(27-30-24)19-10-6-3-7-11-19/h2-15,17H,16H2,1H3,(H,25,28)/t17-/m1/s1. The average molecular weight is 399 g/mol. The zero-order chi connectivity index (χ0) is 20.8. The molecule has 0 saturated heterocycles. The monoisotopic (exact) mass is 399 g/mol. The molecule has 0 fully saturated rings. The van der Waals surface area contributed by atoms with Gasteiger partial charge in [-0.3, -0.25) is 4.79 Å². The summed E-state index contributed by atoms with van der Waals surface area (Å²) in [6, 6.07) is 26.5. The summed E-state index contributed by atoms with van der Waals surface area (Å²) >= 11 is 0. The fourth-order valence-corrected chi connectivity index (χ4v) is 3.00. The quantitative estimate of drug-likeness (QED) is 0.489. The van der Waals surface area contributed by atoms with Crippen molar-refractivity contribution < 1.29 is 14.1 Å². The molecule has 3 aromatic carbocycles. The summed E-state index contributed by atoms with van der Waals surface area (Å²) < 4.78 is 11.0. The van der Waals surface area contributed by atoms with Crippen LogP contribution in [-0.2, 0) is 4.79 Å². The molecular weight excluding hydrogens is 378 g/mol. The Morgan fingerprint density at radius 3 is 2.30 bits per heavy atom. The lowest BCUT2D eigenvalue weighted by molar-refractivity contribution is -0.123. The minimum Gasteiger partial charge on any atom is -0.484 e. The highest BCUT2D eigenvalue weighted by atomic mass is 16.5. The molecule has 0 aliphatic rings. The molecule has 6 heteroatoms. The molecule has 1 atom stereocenters. The van der Waals surface area contributed by atoms with Crippen LogP contribution in [0.2, 0.25) is 0 Å². The Hall–Kier alpha value is -3.93. The Balaban J connectivity index is 1.33. The molecule has 0 radical (unpaired) electrons. The molecule has 0 bridgehead atoms. The van der Waals surface area contributed by atoms with Gasteiger partial charge in [-0.15, -0.1) is 0 Å². The van der Waals surface area contributed by atoms with Gasteiger partial charge in [0.15, 0.2) is 6.61 Å². The number of carbonyl (C=O) groups excluding carboxylic acids is 1. The highest BCUT2D eigenvalue weighted by Gasteiger charge is 2.12. The first-order chi connectivity index (χ1) is 14.7. The van der Waals surface area contributed by atoms with Gasteiger partial charge in [-0.1, -0.05) is 65.8 Å². The van der Waals surface area contributed by atoms with Gasteiger partial charge < -0.3 is 14.6 Å². The second-order valence-corrected chi connectivity index (χ2v) is 6.80. The summed E-state index contributed by atoms with van der Waals surface area (Å²) in [5, 5.41) is 6.95. The number of rotatable bonds is 7. The number of carbonyl (C=O) groups is 1. The normalized spacial score (nSPS) is 11.6. The van der Waals surface area contributed by atoms with Crippen molar-refractivity contribution in [3.63, 3.8) is 0 Å². The lowest BCUT2D eigenvalue weighted by atomic mass is 10.1. The fourth-order valence-electron chi connectivity index (χ4n) is 3.00. The van der Waals surface area contributed by atoms with Crippen LogP contribution in [0.15, 0.2) is 89.5 Å². The SMILES string of the molecule is C[C@@H](NC(=O)COc1ccc(-c2nc(-c3ccccc3)no2)cc1)c1ccccc1. The highest BCUT2D eigenvalue weighted by molar-refractivity contribution is 5.78. The van der Waals surface area contributed by atoms with Gasteiger partial charge in [0, 0.05) is 11.1 Å². The third kappa shape index (κ3) is 4.72. The maximum absolute atomic E-state index is 12.2. The minimum atomic E-state index is -0.181. The number of aromatic nitrogens is 2. The molecule has 1 N–H and O–H groups in total. The first-order valence-electron chi connectivity index (χ1n) is 9.66. The van der Waals surface area contributed by atoms with Crippen LogP contribution in [0, 0.1) is 0 Å². The first kappa shape index (κ1) is 19.4. The Labute approximate surface area is 174 Å². The van der Waals surface area contributed by atoms with Crippen LogP contribution in [0.1, 0.15) is 18.5 Å². The van der Waals surface area contributed by atoms with E-state index in [-0.39, 0.29) is 18.6 Å². The van der Waals surface area contributed by atoms with Gasteiger partial charge in [0.2, 0.25) is 5.82 Å². The minimum absolute atomic E-state index is 0.0603. The maximum atomic E-state index is 12.2. The zero-order valence-corrected chi connectivity index (χ0v) is 16.5. The van der Waals surface area contributed by atoms with Crippen molar-refractivity contribution in [2.45, 2.75) is 13.0 Å². The topological polar surface area (TPSA) is 77.2 Å². The molecule has 1 heterocycles. The summed E-state index contributed by atoms with van der Waals surface area (Å²) in [4.78, 5) is 16.6. The van der Waals surface area contributed by atoms with Crippen molar-refractivity contribution in [1.29, 1.82) is 0 Å². The molecule has 0 aliphatic heterocycles. The summed E-state index contributed by atoms with van der Waals surface area (Å²) in [6.45, 7) is 1.88. The molecule has 0 saturated carbocycles. The predicted octanol–water partition coefficient (Wildman–Crippen LogP) is 4.66. The summed E-state index contributed by atoms with van der Waals surface area (Å²) in [5.41, 5.74) is 2.71. The molecule has 30 heavy (non-hydrogen) atoms. The largest absolute Gasteiger partial charge is 0.484 e. The van der Waals surface area contributed by atoms with Crippen LogP contribution in [0.25, 0.3) is 22.8 Å². The summed E-state index contributed by atoms with van der Waals surface area (Å²) in [7, 11) is 0. The lowest BCUT2D eigenvalue weighted by Crippen LogP contribution is -2.31. The van der Waals surface area contributed by atoms with Crippen LogP contribution in [0.4, 0.5) is 0 Å². The third-order valence-corrected chi connectivity index (χ3v) is 4.61. The van der Waals surface area contributed by atoms with E-state index in [0.717, 1.165) is 16.7 Å². The van der Waals surface area contributed by atoms with Crippen LogP contribution in [-0.4, -0.2) is 22.7 Å². The highest BCUT2D eigenvalue weighted by Crippen LogP contribution is 2.24. The van der Waals surface area contributed by atoms with Gasteiger partial charge in [0.05, 0.1) is 6.04 Å². The van der Waals surface area contributed by atoms with E-state index < -0.39 is 0 Å². The van der Waals surface area contributed by atoms with E-state index in [1.54, 1.807) is 12.1 Å². The van der Waals surface area contributed by atoms with Gasteiger partial charge in [-0.25, -0.2) is 0 Å². The van der Waals surface area contributed by atoms with Crippen LogP contribution < -0.4 is 10.1 Å². The summed E-state index contributed by atoms with van der Waals surface area (Å²) in [5.74, 6) is 1.37. The van der Waals surface area contributed by atoms with E-state index in [4.69, 9.17) is 9.26 Å². The lowest BCUT2D eigenvalue weighted by Gasteiger charge is -2.14. The molecule has 150 valence electrons. The Morgan fingerprint density at radius 2 is 1.60 bits per heavy atom. The van der Waals surface area contributed by atoms with Crippen molar-refractivity contribution in [2.24, 2.45) is 0 Å². The molecular formula is C24H21N3O3. The first-order valence-corrected chi connectivity index (χ1v) is 9.66. The number of hydrogen-bond acceptors (Lipinski definition) is 5. The van der Waals surface area contributed by atoms with E-state index in [9.17, 15) is 4.79 Å². The van der Waals surface area contributed by atoms with Gasteiger partial charge >= 0.3 is 0 Å². The number of nitrogens with one attached hydrogen (secondary N) is 1. The Morgan fingerprint density at radius 1 is 0.933 bits per heavy atom. The third-order valence-electron chi connectivity index (χ3n) is 4.61. The van der Waals surface area contributed by atoms with E-state index in [1.807, 2.05) is 79.7 Å². The number of ether oxygens (including phenoxy) is 1. The molecule has 6 nitrogen and oxygen atoms in total. The number of benzene rings is 3. The number of amides is 1. The summed E-state index contributed by atoms with van der Waals surface area (Å²) in [6.07, 6.45) is 0. The van der Waals surface area contributed by atoms with E-state index in [0.29, 0.717) is 17.5 Å². The second kappa shape index (κ2) is 9.05. The van der Waals surface area contributed by atoms with E-state index in [2.05, 4.69) is 15.5 Å². The Kier molecular flexibility index (Phi) is 5.85. The van der Waals surface area contributed by atoms with Crippen molar-refractivity contribution in [3.05, 3.63) is 90.5 Å². The van der Waals surface area contributed by atoms with Crippen molar-refractivity contribution in [1.82, 2.24) is 15.5 Å². The number of nitrogens with zero attached hydrogens (tertiary/aromatic N) is 2. The average Bonchev–Trinajstić information content (AvgIpc) is 3.29. The molecule has 0 spiro atoms. The van der Waals surface area contributed by atoms with Gasteiger partial charge in [-0.2, -0.15) is 4.98 Å². The van der Waals surface area contributed by atoms with Crippen molar-refractivity contribution in [2.75, 3.05) is 6.61 Å². The molecule has 4 aromatic rings. The van der Waals surface area contributed by atoms with Crippen LogP contribution in [0.3, 0.4) is 0 Å². The molecule has 4 rings (SSSR count). The van der Waals surface area contributed by atoms with Crippen molar-refractivity contribution in [3.8, 4) is 28.6 Å². The van der Waals surface area contributed by atoms with Gasteiger partial charge in [0.1, 0.15) is 5.75 Å². The zero-order valence-electron chi connectivity index (χ0n) is 16.5. The molecule has 0 aliphatic carbocycles. The fraction of sp³-hybridized carbons (Fsp3) is 0.125. The van der Waals surface area contributed by atoms with Gasteiger partial charge in [0.25, 0.3) is 11.8 Å². The van der Waals surface area contributed by atoms with Crippen LogP contribution >= 0.6 is 0 Å². The predicted molar refractivity (Wildman–Crippen MR) is 114 cm³/mol. The van der Waals surface area contributed by atoms with E-state index >= 15 is 0 Å². The maximum Gasteiger partial charge on any atom is 0.258 e. The molecule has 1 amide bonds.